The Morgan fingerprint density at radius 1 is 0.900 bits per heavy atom. The maximum Gasteiger partial charge on any atom is 0.255 e. The molecule has 0 radical (unpaired) electrons. The van der Waals surface area contributed by atoms with Crippen molar-refractivity contribution in [1.29, 1.82) is 0 Å². The van der Waals surface area contributed by atoms with Crippen LogP contribution in [0, 0.1) is 11.7 Å². The number of ether oxygens (including phenoxy) is 1. The molecule has 4 rings (SSSR count). The molecule has 3 aromatic carbocycles. The highest BCUT2D eigenvalue weighted by Gasteiger charge is 2.29. The summed E-state index contributed by atoms with van der Waals surface area (Å²) in [5.74, 6) is 0.206. The van der Waals surface area contributed by atoms with Crippen molar-refractivity contribution in [1.82, 2.24) is 0 Å². The molecule has 5 nitrogen and oxygen atoms in total. The van der Waals surface area contributed by atoms with E-state index in [1.54, 1.807) is 60.7 Å². The molecule has 152 valence electrons. The van der Waals surface area contributed by atoms with Crippen molar-refractivity contribution in [2.45, 2.75) is 19.4 Å². The molecule has 0 atom stereocenters. The number of hydrogen-bond donors (Lipinski definition) is 2. The highest BCUT2D eigenvalue weighted by Crippen LogP contribution is 2.30. The van der Waals surface area contributed by atoms with Gasteiger partial charge in [0.1, 0.15) is 18.2 Å². The number of benzene rings is 3. The van der Waals surface area contributed by atoms with Crippen LogP contribution in [0.3, 0.4) is 0 Å². The van der Waals surface area contributed by atoms with Gasteiger partial charge in [-0.25, -0.2) is 4.39 Å². The van der Waals surface area contributed by atoms with Crippen LogP contribution < -0.4 is 15.4 Å². The van der Waals surface area contributed by atoms with Gasteiger partial charge in [0.25, 0.3) is 5.91 Å². The Bertz CT molecular complexity index is 1040. The van der Waals surface area contributed by atoms with Crippen LogP contribution in [0.2, 0.25) is 0 Å². The maximum absolute atomic E-state index is 13.0. The highest BCUT2D eigenvalue weighted by molar-refractivity contribution is 6.04. The van der Waals surface area contributed by atoms with Crippen LogP contribution >= 0.6 is 0 Å². The van der Waals surface area contributed by atoms with Gasteiger partial charge in [-0.1, -0.05) is 18.2 Å². The Morgan fingerprint density at radius 2 is 1.63 bits per heavy atom. The lowest BCUT2D eigenvalue weighted by molar-refractivity contribution is -0.117. The molecule has 0 spiro atoms. The third kappa shape index (κ3) is 5.23. The number of amides is 2. The standard InChI is InChI=1S/C24H21FN2O3/c25-19-10-4-16(5-11-19)15-30-22-3-1-2-21(14-22)27-24(29)18-8-12-20(13-9-18)26-23(28)17-6-7-17/h1-5,8-14,17H,6-7,15H2,(H,26,28)(H,27,29). The van der Waals surface area contributed by atoms with Crippen LogP contribution in [-0.4, -0.2) is 11.8 Å². The van der Waals surface area contributed by atoms with E-state index >= 15 is 0 Å². The van der Waals surface area contributed by atoms with Gasteiger partial charge in [-0.2, -0.15) is 0 Å². The lowest BCUT2D eigenvalue weighted by atomic mass is 10.2. The summed E-state index contributed by atoms with van der Waals surface area (Å²) in [4.78, 5) is 24.3. The first-order chi connectivity index (χ1) is 14.6. The third-order valence-electron chi connectivity index (χ3n) is 4.77. The van der Waals surface area contributed by atoms with Gasteiger partial charge in [-0.3, -0.25) is 9.59 Å². The van der Waals surface area contributed by atoms with E-state index in [-0.39, 0.29) is 23.5 Å². The summed E-state index contributed by atoms with van der Waals surface area (Å²) in [6.07, 6.45) is 1.89. The van der Waals surface area contributed by atoms with Gasteiger partial charge < -0.3 is 15.4 Å². The highest BCUT2D eigenvalue weighted by atomic mass is 19.1. The Morgan fingerprint density at radius 3 is 2.33 bits per heavy atom. The molecule has 0 saturated heterocycles. The Hall–Kier alpha value is -3.67. The van der Waals surface area contributed by atoms with Gasteiger partial charge >= 0.3 is 0 Å². The smallest absolute Gasteiger partial charge is 0.255 e. The molecule has 2 N–H and O–H groups in total. The first-order valence-electron chi connectivity index (χ1n) is 9.76. The second-order valence-corrected chi connectivity index (χ2v) is 7.24. The number of carbonyl (C=O) groups excluding carboxylic acids is 2. The molecule has 0 heterocycles. The molecule has 6 heteroatoms. The fourth-order valence-corrected chi connectivity index (χ4v) is 2.91. The fraction of sp³-hybridized carbons (Fsp3) is 0.167. The average molecular weight is 404 g/mol. The molecule has 0 unspecified atom stereocenters. The Balaban J connectivity index is 1.34. The van der Waals surface area contributed by atoms with Crippen molar-refractivity contribution in [3.63, 3.8) is 0 Å². The summed E-state index contributed by atoms with van der Waals surface area (Å²) in [6, 6.07) is 20.0. The predicted octanol–water partition coefficient (Wildman–Crippen LogP) is 5.01. The second kappa shape index (κ2) is 8.78. The lowest BCUT2D eigenvalue weighted by Gasteiger charge is -2.10. The van der Waals surface area contributed by atoms with Crippen molar-refractivity contribution in [2.75, 3.05) is 10.6 Å². The second-order valence-electron chi connectivity index (χ2n) is 7.24. The summed E-state index contributed by atoms with van der Waals surface area (Å²) >= 11 is 0. The van der Waals surface area contributed by atoms with E-state index in [9.17, 15) is 14.0 Å². The van der Waals surface area contributed by atoms with Crippen molar-refractivity contribution < 1.29 is 18.7 Å². The lowest BCUT2D eigenvalue weighted by Crippen LogP contribution is -2.14. The SMILES string of the molecule is O=C(Nc1cccc(OCc2ccc(F)cc2)c1)c1ccc(NC(=O)C2CC2)cc1. The number of carbonyl (C=O) groups is 2. The van der Waals surface area contributed by atoms with Crippen LogP contribution in [0.15, 0.2) is 72.8 Å². The summed E-state index contributed by atoms with van der Waals surface area (Å²) in [5, 5.41) is 5.69. The minimum Gasteiger partial charge on any atom is -0.489 e. The van der Waals surface area contributed by atoms with Crippen LogP contribution in [-0.2, 0) is 11.4 Å². The van der Waals surface area contributed by atoms with Crippen molar-refractivity contribution in [3.05, 3.63) is 89.7 Å². The predicted molar refractivity (Wildman–Crippen MR) is 113 cm³/mol. The molecule has 0 aromatic heterocycles. The largest absolute Gasteiger partial charge is 0.489 e. The van der Waals surface area contributed by atoms with Crippen molar-refractivity contribution in [2.24, 2.45) is 5.92 Å². The summed E-state index contributed by atoms with van der Waals surface area (Å²) in [5.41, 5.74) is 2.61. The minimum atomic E-state index is -0.290. The monoisotopic (exact) mass is 404 g/mol. The van der Waals surface area contributed by atoms with E-state index in [0.29, 0.717) is 29.3 Å². The number of hydrogen-bond acceptors (Lipinski definition) is 3. The summed E-state index contributed by atoms with van der Waals surface area (Å²) in [7, 11) is 0. The van der Waals surface area contributed by atoms with Gasteiger partial charge in [0.2, 0.25) is 5.91 Å². The molecule has 3 aromatic rings. The molecular weight excluding hydrogens is 383 g/mol. The van der Waals surface area contributed by atoms with Gasteiger partial charge in [0, 0.05) is 28.9 Å². The average Bonchev–Trinajstić information content (AvgIpc) is 3.60. The van der Waals surface area contributed by atoms with E-state index in [2.05, 4.69) is 10.6 Å². The quantitative estimate of drug-likeness (QED) is 0.582. The van der Waals surface area contributed by atoms with Gasteiger partial charge in [-0.15, -0.1) is 0 Å². The van der Waals surface area contributed by atoms with E-state index < -0.39 is 0 Å². The van der Waals surface area contributed by atoms with Crippen LogP contribution in [0.5, 0.6) is 5.75 Å². The topological polar surface area (TPSA) is 67.4 Å². The number of nitrogens with one attached hydrogen (secondary N) is 2. The molecule has 1 aliphatic rings. The number of rotatable bonds is 7. The molecule has 2 amide bonds. The van der Waals surface area contributed by atoms with E-state index in [4.69, 9.17) is 4.74 Å². The van der Waals surface area contributed by atoms with Gasteiger partial charge in [0.05, 0.1) is 0 Å². The molecule has 1 fully saturated rings. The van der Waals surface area contributed by atoms with Crippen LogP contribution in [0.4, 0.5) is 15.8 Å². The Labute approximate surface area is 173 Å². The normalized spacial score (nSPS) is 12.8. The zero-order valence-corrected chi connectivity index (χ0v) is 16.2. The summed E-state index contributed by atoms with van der Waals surface area (Å²) in [6.45, 7) is 0.297. The molecule has 0 aliphatic heterocycles. The minimum absolute atomic E-state index is 0.0321. The zero-order valence-electron chi connectivity index (χ0n) is 16.2. The van der Waals surface area contributed by atoms with E-state index in [0.717, 1.165) is 18.4 Å². The summed E-state index contributed by atoms with van der Waals surface area (Å²) < 4.78 is 18.7. The molecule has 30 heavy (non-hydrogen) atoms. The van der Waals surface area contributed by atoms with Gasteiger partial charge in [-0.05, 0) is 66.9 Å². The van der Waals surface area contributed by atoms with Crippen LogP contribution in [0.1, 0.15) is 28.8 Å². The van der Waals surface area contributed by atoms with Crippen molar-refractivity contribution >= 4 is 23.2 Å². The first-order valence-corrected chi connectivity index (χ1v) is 9.76. The molecule has 0 bridgehead atoms. The first kappa shape index (κ1) is 19.6. The maximum atomic E-state index is 13.0. The third-order valence-corrected chi connectivity index (χ3v) is 4.77. The number of halogens is 1. The fourth-order valence-electron chi connectivity index (χ4n) is 2.91. The molecule has 1 aliphatic carbocycles. The molecule has 1 saturated carbocycles. The Kier molecular flexibility index (Phi) is 5.75. The van der Waals surface area contributed by atoms with Crippen LogP contribution in [0.25, 0.3) is 0 Å². The van der Waals surface area contributed by atoms with Crippen molar-refractivity contribution in [3.8, 4) is 5.75 Å². The van der Waals surface area contributed by atoms with E-state index in [1.807, 2.05) is 0 Å². The molecular formula is C24H21FN2O3. The van der Waals surface area contributed by atoms with Gasteiger partial charge in [0.15, 0.2) is 0 Å². The van der Waals surface area contributed by atoms with E-state index in [1.165, 1.54) is 12.1 Å². The zero-order chi connectivity index (χ0) is 20.9. The number of anilines is 2.